The molecule has 21 heavy (non-hydrogen) atoms. The number of nitrogens with one attached hydrogen (secondary N) is 1. The Hall–Kier alpha value is -1.65. The standard InChI is InChI=1S/C17H26N4/c1-4-20(5-2)14-12-16(18-3)17-11-13-19-21(17)15-9-7-6-8-10-15/h6-11,13,16,18H,4-5,12,14H2,1-3H3. The van der Waals surface area contributed by atoms with Gasteiger partial charge in [-0.1, -0.05) is 32.0 Å². The third-order valence-corrected chi connectivity index (χ3v) is 4.01. The molecule has 2 aromatic rings. The number of para-hydroxylation sites is 1. The van der Waals surface area contributed by atoms with Gasteiger partial charge in [0.05, 0.1) is 17.4 Å². The van der Waals surface area contributed by atoms with Crippen LogP contribution in [0.2, 0.25) is 0 Å². The van der Waals surface area contributed by atoms with Crippen LogP contribution in [0.4, 0.5) is 0 Å². The number of hydrogen-bond acceptors (Lipinski definition) is 3. The van der Waals surface area contributed by atoms with E-state index in [2.05, 4.69) is 47.4 Å². The largest absolute Gasteiger partial charge is 0.312 e. The summed E-state index contributed by atoms with van der Waals surface area (Å²) in [5.74, 6) is 0. The topological polar surface area (TPSA) is 33.1 Å². The smallest absolute Gasteiger partial charge is 0.0649 e. The lowest BCUT2D eigenvalue weighted by molar-refractivity contribution is 0.282. The second-order valence-electron chi connectivity index (χ2n) is 5.16. The Morgan fingerprint density at radius 3 is 2.48 bits per heavy atom. The van der Waals surface area contributed by atoms with Gasteiger partial charge in [-0.25, -0.2) is 4.68 Å². The third kappa shape index (κ3) is 3.93. The zero-order chi connectivity index (χ0) is 15.1. The van der Waals surface area contributed by atoms with Crippen molar-refractivity contribution in [2.45, 2.75) is 26.3 Å². The van der Waals surface area contributed by atoms with Crippen LogP contribution in [0.15, 0.2) is 42.6 Å². The van der Waals surface area contributed by atoms with E-state index in [1.807, 2.05) is 36.1 Å². The maximum atomic E-state index is 4.49. The van der Waals surface area contributed by atoms with Crippen molar-refractivity contribution in [3.05, 3.63) is 48.3 Å². The fraction of sp³-hybridized carbons (Fsp3) is 0.471. The average molecular weight is 286 g/mol. The summed E-state index contributed by atoms with van der Waals surface area (Å²) < 4.78 is 2.03. The Kier molecular flexibility index (Phi) is 5.96. The summed E-state index contributed by atoms with van der Waals surface area (Å²) in [5.41, 5.74) is 2.33. The minimum absolute atomic E-state index is 0.313. The van der Waals surface area contributed by atoms with E-state index in [1.54, 1.807) is 0 Å². The van der Waals surface area contributed by atoms with Crippen LogP contribution in [0.5, 0.6) is 0 Å². The molecule has 0 bridgehead atoms. The quantitative estimate of drug-likeness (QED) is 0.810. The summed E-state index contributed by atoms with van der Waals surface area (Å²) in [6.45, 7) is 7.73. The second-order valence-corrected chi connectivity index (χ2v) is 5.16. The van der Waals surface area contributed by atoms with E-state index in [0.29, 0.717) is 6.04 Å². The minimum atomic E-state index is 0.313. The predicted molar refractivity (Wildman–Crippen MR) is 87.8 cm³/mol. The Labute approximate surface area is 127 Å². The minimum Gasteiger partial charge on any atom is -0.312 e. The number of hydrogen-bond donors (Lipinski definition) is 1. The van der Waals surface area contributed by atoms with Crippen molar-refractivity contribution in [1.29, 1.82) is 0 Å². The van der Waals surface area contributed by atoms with Crippen LogP contribution in [0, 0.1) is 0 Å². The van der Waals surface area contributed by atoms with Crippen molar-refractivity contribution in [3.8, 4) is 5.69 Å². The van der Waals surface area contributed by atoms with Crippen molar-refractivity contribution < 1.29 is 0 Å². The van der Waals surface area contributed by atoms with Gasteiger partial charge in [-0.15, -0.1) is 0 Å². The third-order valence-electron chi connectivity index (χ3n) is 4.01. The molecule has 0 saturated carbocycles. The van der Waals surface area contributed by atoms with Crippen LogP contribution in [0.1, 0.15) is 32.0 Å². The molecule has 4 heteroatoms. The molecular weight excluding hydrogens is 260 g/mol. The summed E-state index contributed by atoms with van der Waals surface area (Å²) in [5, 5.41) is 7.92. The average Bonchev–Trinajstić information content (AvgIpc) is 3.02. The van der Waals surface area contributed by atoms with Gasteiger partial charge in [0, 0.05) is 6.20 Å². The lowest BCUT2D eigenvalue weighted by Crippen LogP contribution is -2.29. The van der Waals surface area contributed by atoms with Gasteiger partial charge < -0.3 is 10.2 Å². The first kappa shape index (κ1) is 15.7. The van der Waals surface area contributed by atoms with Crippen molar-refractivity contribution in [2.75, 3.05) is 26.7 Å². The molecule has 0 aliphatic carbocycles. The normalized spacial score (nSPS) is 12.8. The molecular formula is C17H26N4. The van der Waals surface area contributed by atoms with E-state index in [1.165, 1.54) is 5.69 Å². The van der Waals surface area contributed by atoms with Crippen molar-refractivity contribution in [2.24, 2.45) is 0 Å². The molecule has 1 atom stereocenters. The molecule has 4 nitrogen and oxygen atoms in total. The molecule has 1 N–H and O–H groups in total. The number of rotatable bonds is 8. The maximum absolute atomic E-state index is 4.49. The lowest BCUT2D eigenvalue weighted by atomic mass is 10.1. The molecule has 0 aliphatic heterocycles. The van der Waals surface area contributed by atoms with Crippen LogP contribution in [0.3, 0.4) is 0 Å². The van der Waals surface area contributed by atoms with E-state index in [0.717, 1.165) is 31.7 Å². The molecule has 114 valence electrons. The van der Waals surface area contributed by atoms with Crippen molar-refractivity contribution in [1.82, 2.24) is 20.0 Å². The highest BCUT2D eigenvalue weighted by Gasteiger charge is 2.16. The first-order valence-electron chi connectivity index (χ1n) is 7.79. The highest BCUT2D eigenvalue weighted by molar-refractivity contribution is 5.33. The summed E-state index contributed by atoms with van der Waals surface area (Å²) in [4.78, 5) is 2.45. The molecule has 0 fully saturated rings. The molecule has 0 amide bonds. The predicted octanol–water partition coefficient (Wildman–Crippen LogP) is 2.86. The van der Waals surface area contributed by atoms with Gasteiger partial charge in [-0.05, 0) is 51.3 Å². The summed E-state index contributed by atoms with van der Waals surface area (Å²) in [6.07, 6.45) is 2.96. The van der Waals surface area contributed by atoms with Gasteiger partial charge in [0.25, 0.3) is 0 Å². The highest BCUT2D eigenvalue weighted by Crippen LogP contribution is 2.20. The Morgan fingerprint density at radius 1 is 1.14 bits per heavy atom. The molecule has 0 saturated heterocycles. The van der Waals surface area contributed by atoms with Crippen LogP contribution >= 0.6 is 0 Å². The van der Waals surface area contributed by atoms with E-state index in [-0.39, 0.29) is 0 Å². The van der Waals surface area contributed by atoms with Crippen molar-refractivity contribution in [3.63, 3.8) is 0 Å². The first-order chi connectivity index (χ1) is 10.3. The molecule has 1 aromatic carbocycles. The molecule has 0 spiro atoms. The Morgan fingerprint density at radius 2 is 1.86 bits per heavy atom. The van der Waals surface area contributed by atoms with Crippen LogP contribution in [0.25, 0.3) is 5.69 Å². The van der Waals surface area contributed by atoms with Gasteiger partial charge in [-0.2, -0.15) is 5.10 Å². The van der Waals surface area contributed by atoms with Gasteiger partial charge in [0.1, 0.15) is 0 Å². The zero-order valence-electron chi connectivity index (χ0n) is 13.3. The van der Waals surface area contributed by atoms with Crippen LogP contribution in [-0.4, -0.2) is 41.4 Å². The van der Waals surface area contributed by atoms with Crippen molar-refractivity contribution >= 4 is 0 Å². The number of nitrogens with zero attached hydrogens (tertiary/aromatic N) is 3. The SMILES string of the molecule is CCN(CC)CCC(NC)c1ccnn1-c1ccccc1. The molecule has 0 radical (unpaired) electrons. The zero-order valence-corrected chi connectivity index (χ0v) is 13.3. The van der Waals surface area contributed by atoms with Gasteiger partial charge in [-0.3, -0.25) is 0 Å². The fourth-order valence-corrected chi connectivity index (χ4v) is 2.65. The second kappa shape index (κ2) is 7.96. The molecule has 2 rings (SSSR count). The highest BCUT2D eigenvalue weighted by atomic mass is 15.3. The van der Waals surface area contributed by atoms with E-state index in [4.69, 9.17) is 0 Å². The van der Waals surface area contributed by atoms with Crippen LogP contribution in [-0.2, 0) is 0 Å². The van der Waals surface area contributed by atoms with Gasteiger partial charge in [0.2, 0.25) is 0 Å². The number of benzene rings is 1. The Balaban J connectivity index is 2.14. The number of aromatic nitrogens is 2. The molecule has 1 unspecified atom stereocenters. The molecule has 1 aromatic heterocycles. The van der Waals surface area contributed by atoms with Gasteiger partial charge >= 0.3 is 0 Å². The van der Waals surface area contributed by atoms with Crippen LogP contribution < -0.4 is 5.32 Å². The lowest BCUT2D eigenvalue weighted by Gasteiger charge is -2.23. The Bertz CT molecular complexity index is 517. The first-order valence-corrected chi connectivity index (χ1v) is 7.79. The molecule has 1 heterocycles. The fourth-order valence-electron chi connectivity index (χ4n) is 2.65. The maximum Gasteiger partial charge on any atom is 0.0649 e. The van der Waals surface area contributed by atoms with E-state index >= 15 is 0 Å². The monoisotopic (exact) mass is 286 g/mol. The molecule has 0 aliphatic rings. The summed E-state index contributed by atoms with van der Waals surface area (Å²) in [6, 6.07) is 12.7. The van der Waals surface area contributed by atoms with E-state index < -0.39 is 0 Å². The summed E-state index contributed by atoms with van der Waals surface area (Å²) >= 11 is 0. The summed E-state index contributed by atoms with van der Waals surface area (Å²) in [7, 11) is 2.02. The van der Waals surface area contributed by atoms with Gasteiger partial charge in [0.15, 0.2) is 0 Å². The van der Waals surface area contributed by atoms with E-state index in [9.17, 15) is 0 Å².